The Hall–Kier alpha value is -2.49. The topological polar surface area (TPSA) is 41.6 Å². The fraction of sp³-hybridized carbons (Fsp3) is 0.536. The van der Waals surface area contributed by atoms with E-state index < -0.39 is 11.7 Å². The van der Waals surface area contributed by atoms with Crippen LogP contribution in [0.25, 0.3) is 0 Å². The highest BCUT2D eigenvalue weighted by atomic mass is 16.6. The van der Waals surface area contributed by atoms with Crippen molar-refractivity contribution in [2.24, 2.45) is 0 Å². The Balaban J connectivity index is 1.95. The lowest BCUT2D eigenvalue weighted by molar-refractivity contribution is 0.0636. The molecule has 0 aromatic heterocycles. The summed E-state index contributed by atoms with van der Waals surface area (Å²) in [5, 5.41) is 2.88. The fourth-order valence-corrected chi connectivity index (χ4v) is 5.05. The SMILES string of the molecule is CCN1c2cc(C(C)(C)c3cccc(NC(=O)OC(C)(C)C)c3)ccc2C(C)CC1(C)C. The number of anilines is 2. The van der Waals surface area contributed by atoms with Crippen LogP contribution < -0.4 is 10.2 Å². The molecule has 0 aliphatic carbocycles. The van der Waals surface area contributed by atoms with Crippen molar-refractivity contribution < 1.29 is 9.53 Å². The van der Waals surface area contributed by atoms with Gasteiger partial charge in [0.1, 0.15) is 5.60 Å². The summed E-state index contributed by atoms with van der Waals surface area (Å²) in [5.74, 6) is 0.543. The summed E-state index contributed by atoms with van der Waals surface area (Å²) < 4.78 is 5.41. The molecule has 1 aliphatic heterocycles. The number of rotatable bonds is 4. The molecule has 1 atom stereocenters. The van der Waals surface area contributed by atoms with E-state index >= 15 is 0 Å². The number of ether oxygens (including phenoxy) is 1. The first-order valence-electron chi connectivity index (χ1n) is 11.8. The standard InChI is InChI=1S/C28H40N2O2/c1-10-30-24-17-21(14-15-23(24)19(2)18-27(30,6)7)28(8,9)20-12-11-13-22(16-20)29-25(31)32-26(3,4)5/h11-17,19H,10,18H2,1-9H3,(H,29,31). The maximum absolute atomic E-state index is 12.2. The molecule has 1 amide bonds. The van der Waals surface area contributed by atoms with E-state index in [0.717, 1.165) is 24.2 Å². The van der Waals surface area contributed by atoms with Crippen molar-refractivity contribution in [2.75, 3.05) is 16.8 Å². The third-order valence-electron chi connectivity index (χ3n) is 6.66. The van der Waals surface area contributed by atoms with Gasteiger partial charge < -0.3 is 9.64 Å². The van der Waals surface area contributed by atoms with Gasteiger partial charge in [0, 0.05) is 28.9 Å². The minimum absolute atomic E-state index is 0.140. The average Bonchev–Trinajstić information content (AvgIpc) is 2.65. The summed E-state index contributed by atoms with van der Waals surface area (Å²) in [7, 11) is 0. The minimum atomic E-state index is -0.528. The maximum Gasteiger partial charge on any atom is 0.412 e. The first-order valence-corrected chi connectivity index (χ1v) is 11.8. The molecule has 2 aromatic carbocycles. The summed E-state index contributed by atoms with van der Waals surface area (Å²) in [5.41, 5.74) is 5.35. The van der Waals surface area contributed by atoms with Gasteiger partial charge in [0.05, 0.1) is 0 Å². The number of carbonyl (C=O) groups excluding carboxylic acids is 1. The molecular weight excluding hydrogens is 396 g/mol. The molecule has 2 aromatic rings. The predicted octanol–water partition coefficient (Wildman–Crippen LogP) is 7.47. The number of nitrogens with one attached hydrogen (secondary N) is 1. The van der Waals surface area contributed by atoms with Crippen molar-refractivity contribution in [1.82, 2.24) is 0 Å². The van der Waals surface area contributed by atoms with Crippen LogP contribution in [0.4, 0.5) is 16.2 Å². The zero-order chi connectivity index (χ0) is 23.9. The summed E-state index contributed by atoms with van der Waals surface area (Å²) in [6, 6.07) is 15.0. The van der Waals surface area contributed by atoms with E-state index in [0.29, 0.717) is 5.92 Å². The molecule has 0 spiro atoms. The van der Waals surface area contributed by atoms with E-state index in [2.05, 4.69) is 76.0 Å². The third-order valence-corrected chi connectivity index (χ3v) is 6.66. The Morgan fingerprint density at radius 2 is 1.75 bits per heavy atom. The Labute approximate surface area is 194 Å². The summed E-state index contributed by atoms with van der Waals surface area (Å²) in [6.45, 7) is 20.3. The van der Waals surface area contributed by atoms with E-state index in [-0.39, 0.29) is 11.0 Å². The second kappa shape index (κ2) is 8.46. The van der Waals surface area contributed by atoms with Crippen LogP contribution in [0, 0.1) is 0 Å². The summed E-state index contributed by atoms with van der Waals surface area (Å²) >= 11 is 0. The average molecular weight is 437 g/mol. The van der Waals surface area contributed by atoms with Crippen molar-refractivity contribution in [3.63, 3.8) is 0 Å². The number of nitrogens with zero attached hydrogens (tertiary/aromatic N) is 1. The Morgan fingerprint density at radius 1 is 1.09 bits per heavy atom. The molecule has 32 heavy (non-hydrogen) atoms. The van der Waals surface area contributed by atoms with Gasteiger partial charge in [-0.05, 0) is 88.8 Å². The highest BCUT2D eigenvalue weighted by molar-refractivity contribution is 5.85. The van der Waals surface area contributed by atoms with E-state index in [9.17, 15) is 4.79 Å². The van der Waals surface area contributed by atoms with E-state index in [1.165, 1.54) is 16.8 Å². The van der Waals surface area contributed by atoms with Crippen LogP contribution in [-0.2, 0) is 10.2 Å². The number of hydrogen-bond donors (Lipinski definition) is 1. The number of benzene rings is 2. The quantitative estimate of drug-likeness (QED) is 0.540. The molecule has 1 unspecified atom stereocenters. The van der Waals surface area contributed by atoms with Gasteiger partial charge in [-0.25, -0.2) is 4.79 Å². The smallest absolute Gasteiger partial charge is 0.412 e. The van der Waals surface area contributed by atoms with E-state index in [1.807, 2.05) is 39.0 Å². The molecule has 1 N–H and O–H groups in total. The van der Waals surface area contributed by atoms with Gasteiger partial charge in [-0.1, -0.05) is 45.0 Å². The van der Waals surface area contributed by atoms with Crippen LogP contribution in [0.5, 0.6) is 0 Å². The monoisotopic (exact) mass is 436 g/mol. The molecule has 174 valence electrons. The molecule has 4 heteroatoms. The third kappa shape index (κ3) is 4.95. The van der Waals surface area contributed by atoms with Crippen molar-refractivity contribution in [3.05, 3.63) is 59.2 Å². The zero-order valence-corrected chi connectivity index (χ0v) is 21.3. The van der Waals surface area contributed by atoms with Crippen LogP contribution >= 0.6 is 0 Å². The molecule has 0 saturated heterocycles. The molecular formula is C28H40N2O2. The summed E-state index contributed by atoms with van der Waals surface area (Å²) in [4.78, 5) is 14.8. The van der Waals surface area contributed by atoms with E-state index in [1.54, 1.807) is 0 Å². The van der Waals surface area contributed by atoms with Crippen molar-refractivity contribution in [1.29, 1.82) is 0 Å². The molecule has 0 saturated carbocycles. The fourth-order valence-electron chi connectivity index (χ4n) is 5.05. The van der Waals surface area contributed by atoms with E-state index in [4.69, 9.17) is 4.74 Å². The van der Waals surface area contributed by atoms with Crippen molar-refractivity contribution in [3.8, 4) is 0 Å². The molecule has 3 rings (SSSR count). The van der Waals surface area contributed by atoms with Crippen LogP contribution in [-0.4, -0.2) is 23.8 Å². The van der Waals surface area contributed by atoms with Crippen LogP contribution in [0.15, 0.2) is 42.5 Å². The van der Waals surface area contributed by atoms with Gasteiger partial charge in [-0.15, -0.1) is 0 Å². The molecule has 1 heterocycles. The first-order chi connectivity index (χ1) is 14.7. The predicted molar refractivity (Wildman–Crippen MR) is 135 cm³/mol. The van der Waals surface area contributed by atoms with Crippen LogP contribution in [0.3, 0.4) is 0 Å². The van der Waals surface area contributed by atoms with Gasteiger partial charge in [0.2, 0.25) is 0 Å². The van der Waals surface area contributed by atoms with Gasteiger partial charge in [0.15, 0.2) is 0 Å². The highest BCUT2D eigenvalue weighted by Gasteiger charge is 2.36. The van der Waals surface area contributed by atoms with Crippen LogP contribution in [0.2, 0.25) is 0 Å². The molecule has 4 nitrogen and oxygen atoms in total. The number of hydrogen-bond acceptors (Lipinski definition) is 3. The van der Waals surface area contributed by atoms with Crippen LogP contribution in [0.1, 0.15) is 91.3 Å². The Morgan fingerprint density at radius 3 is 2.38 bits per heavy atom. The largest absolute Gasteiger partial charge is 0.444 e. The second-order valence-electron chi connectivity index (χ2n) is 11.3. The number of amides is 1. The minimum Gasteiger partial charge on any atom is -0.444 e. The van der Waals surface area contributed by atoms with Gasteiger partial charge in [-0.2, -0.15) is 0 Å². The second-order valence-corrected chi connectivity index (χ2v) is 11.3. The molecule has 0 bridgehead atoms. The number of fused-ring (bicyclic) bond motifs is 1. The highest BCUT2D eigenvalue weighted by Crippen LogP contribution is 2.45. The lowest BCUT2D eigenvalue weighted by atomic mass is 9.74. The zero-order valence-electron chi connectivity index (χ0n) is 21.3. The maximum atomic E-state index is 12.2. The lowest BCUT2D eigenvalue weighted by Crippen LogP contribution is -2.48. The van der Waals surface area contributed by atoms with Gasteiger partial charge in [-0.3, -0.25) is 5.32 Å². The Kier molecular flexibility index (Phi) is 6.38. The first kappa shape index (κ1) is 24.2. The summed E-state index contributed by atoms with van der Waals surface area (Å²) in [6.07, 6.45) is 0.727. The molecule has 0 radical (unpaired) electrons. The van der Waals surface area contributed by atoms with Crippen molar-refractivity contribution in [2.45, 2.75) is 91.2 Å². The normalized spacial score (nSPS) is 18.2. The van der Waals surface area contributed by atoms with Crippen molar-refractivity contribution >= 4 is 17.5 Å². The number of carbonyl (C=O) groups is 1. The lowest BCUT2D eigenvalue weighted by Gasteiger charge is -2.47. The van der Waals surface area contributed by atoms with Gasteiger partial charge >= 0.3 is 6.09 Å². The molecule has 1 aliphatic rings. The Bertz CT molecular complexity index is 985. The molecule has 0 fully saturated rings. The van der Waals surface area contributed by atoms with Gasteiger partial charge in [0.25, 0.3) is 0 Å².